The molecule has 3 aromatic rings. The number of hydrogen-bond donors (Lipinski definition) is 0. The Morgan fingerprint density at radius 3 is 1.42 bits per heavy atom. The van der Waals surface area contributed by atoms with Crippen LogP contribution in [0.25, 0.3) is 0 Å². The topological polar surface area (TPSA) is 77.1 Å². The summed E-state index contributed by atoms with van der Waals surface area (Å²) in [7, 11) is 0. The molecule has 1 aliphatic rings. The number of carbonyl (C=O) groups is 1. The van der Waals surface area contributed by atoms with Gasteiger partial charge in [0, 0.05) is 6.61 Å². The second kappa shape index (κ2) is 14.4. The molecule has 3 aromatic carbocycles. The van der Waals surface area contributed by atoms with Crippen LogP contribution in [-0.4, -0.2) is 39.7 Å². The minimum absolute atomic E-state index is 0. The Morgan fingerprint density at radius 2 is 1.16 bits per heavy atom. The van der Waals surface area contributed by atoms with Gasteiger partial charge in [-0.15, -0.1) is 0 Å². The number of ether oxygens (including phenoxy) is 1. The molecule has 0 spiro atoms. The summed E-state index contributed by atoms with van der Waals surface area (Å²) < 4.78 is 22.7. The van der Waals surface area contributed by atoms with Gasteiger partial charge in [-0.25, -0.2) is 0 Å². The van der Waals surface area contributed by atoms with Gasteiger partial charge in [-0.1, -0.05) is 0 Å². The first-order chi connectivity index (χ1) is 14.7. The number of para-hydroxylation sites is 3. The van der Waals surface area contributed by atoms with Gasteiger partial charge in [-0.05, 0) is 12.8 Å². The van der Waals surface area contributed by atoms with Crippen molar-refractivity contribution in [2.24, 2.45) is 0 Å². The monoisotopic (exact) mass is 537 g/mol. The van der Waals surface area contributed by atoms with Crippen LogP contribution in [-0.2, 0) is 9.53 Å². The van der Waals surface area contributed by atoms with Crippen LogP contribution in [0.2, 0.25) is 0 Å². The van der Waals surface area contributed by atoms with Crippen molar-refractivity contribution in [2.45, 2.75) is 18.9 Å². The van der Waals surface area contributed by atoms with Crippen LogP contribution in [0, 0.1) is 0 Å². The Balaban J connectivity index is 0.000000322. The first-order valence-electron chi connectivity index (χ1n) is 9.59. The van der Waals surface area contributed by atoms with Gasteiger partial charge in [-0.2, -0.15) is 0 Å². The van der Waals surface area contributed by atoms with Crippen molar-refractivity contribution in [3.63, 3.8) is 0 Å². The Bertz CT molecular complexity index is 778. The summed E-state index contributed by atoms with van der Waals surface area (Å²) in [4.78, 5) is 9.97. The molecule has 1 saturated heterocycles. The molecule has 0 bridgehead atoms. The number of hydrogen-bond acceptors (Lipinski definition) is 6. The Morgan fingerprint density at radius 1 is 0.774 bits per heavy atom. The Labute approximate surface area is 212 Å². The minimum atomic E-state index is -3.06. The van der Waals surface area contributed by atoms with Crippen molar-refractivity contribution in [3.8, 4) is 17.2 Å². The van der Waals surface area contributed by atoms with Crippen molar-refractivity contribution >= 4 is 27.0 Å². The summed E-state index contributed by atoms with van der Waals surface area (Å²) in [6.07, 6.45) is 0.830. The molecular formula is C23H22NaO6Sn+. The van der Waals surface area contributed by atoms with E-state index in [4.69, 9.17) is 14.0 Å². The van der Waals surface area contributed by atoms with E-state index in [-0.39, 0.29) is 29.6 Å². The van der Waals surface area contributed by atoms with Crippen molar-refractivity contribution in [1.82, 2.24) is 0 Å². The first kappa shape index (κ1) is 25.5. The van der Waals surface area contributed by atoms with Crippen LogP contribution in [0.3, 0.4) is 0 Å². The second-order valence-corrected chi connectivity index (χ2v) is 9.49. The molecule has 1 aliphatic heterocycles. The molecule has 1 heterocycles. The molecule has 0 radical (unpaired) electrons. The molecule has 0 aromatic heterocycles. The molecule has 154 valence electrons. The SMILES string of the molecule is O=C([O-])C1CCCO1.[Na+].c1ccc([O][Sn+]([O]c2ccccc2)[O]c2ccccc2)cc1. The van der Waals surface area contributed by atoms with E-state index < -0.39 is 33.1 Å². The van der Waals surface area contributed by atoms with Gasteiger partial charge in [0.1, 0.15) is 0 Å². The van der Waals surface area contributed by atoms with Gasteiger partial charge in [0.2, 0.25) is 0 Å². The fraction of sp³-hybridized carbons (Fsp3) is 0.174. The predicted octanol–water partition coefficient (Wildman–Crippen LogP) is 0.128. The van der Waals surface area contributed by atoms with E-state index in [0.29, 0.717) is 13.0 Å². The number of aliphatic carboxylic acids is 1. The summed E-state index contributed by atoms with van der Waals surface area (Å²) in [5.41, 5.74) is 0. The molecule has 8 heteroatoms. The average Bonchev–Trinajstić information content (AvgIpc) is 3.32. The second-order valence-electron chi connectivity index (χ2n) is 6.32. The maximum absolute atomic E-state index is 9.97. The number of benzene rings is 3. The third-order valence-corrected chi connectivity index (χ3v) is 7.47. The van der Waals surface area contributed by atoms with Gasteiger partial charge in [-0.3, -0.25) is 0 Å². The molecule has 1 atom stereocenters. The number of carbonyl (C=O) groups excluding carboxylic acids is 1. The van der Waals surface area contributed by atoms with Crippen LogP contribution in [0.5, 0.6) is 17.2 Å². The molecule has 0 N–H and O–H groups in total. The molecule has 4 rings (SSSR count). The third kappa shape index (κ3) is 9.53. The van der Waals surface area contributed by atoms with Crippen molar-refractivity contribution in [1.29, 1.82) is 0 Å². The first-order valence-corrected chi connectivity index (χ1v) is 13.1. The van der Waals surface area contributed by atoms with E-state index in [1.165, 1.54) is 0 Å². The summed E-state index contributed by atoms with van der Waals surface area (Å²) in [5, 5.41) is 9.97. The van der Waals surface area contributed by atoms with E-state index in [0.717, 1.165) is 23.7 Å². The molecule has 6 nitrogen and oxygen atoms in total. The zero-order valence-electron chi connectivity index (χ0n) is 17.3. The zero-order valence-corrected chi connectivity index (χ0v) is 22.2. The van der Waals surface area contributed by atoms with Crippen LogP contribution >= 0.6 is 0 Å². The van der Waals surface area contributed by atoms with E-state index in [1.54, 1.807) is 0 Å². The predicted molar refractivity (Wildman–Crippen MR) is 111 cm³/mol. The van der Waals surface area contributed by atoms with Gasteiger partial charge >= 0.3 is 168 Å². The van der Waals surface area contributed by atoms with E-state index in [2.05, 4.69) is 0 Å². The van der Waals surface area contributed by atoms with Gasteiger partial charge in [0.05, 0.1) is 12.1 Å². The molecule has 0 amide bonds. The van der Waals surface area contributed by atoms with Crippen LogP contribution in [0.4, 0.5) is 0 Å². The van der Waals surface area contributed by atoms with E-state index in [9.17, 15) is 9.90 Å². The summed E-state index contributed by atoms with van der Waals surface area (Å²) >= 11 is -3.06. The maximum atomic E-state index is 9.97. The third-order valence-electron chi connectivity index (χ3n) is 4.03. The fourth-order valence-corrected chi connectivity index (χ4v) is 5.75. The summed E-state index contributed by atoms with van der Waals surface area (Å²) in [5.74, 6) is 1.22. The Hall–Kier alpha value is -1.71. The number of carboxylic acid groups (broad SMARTS) is 1. The summed E-state index contributed by atoms with van der Waals surface area (Å²) in [6, 6.07) is 28.9. The van der Waals surface area contributed by atoms with Crippen molar-refractivity contribution in [3.05, 3.63) is 91.0 Å². The normalized spacial score (nSPS) is 14.3. The van der Waals surface area contributed by atoms with Crippen LogP contribution in [0.1, 0.15) is 12.8 Å². The number of carboxylic acids is 1. The quantitative estimate of drug-likeness (QED) is 0.400. The average molecular weight is 536 g/mol. The molecule has 0 saturated carbocycles. The Kier molecular flexibility index (Phi) is 11.8. The van der Waals surface area contributed by atoms with Crippen LogP contribution in [0.15, 0.2) is 91.0 Å². The van der Waals surface area contributed by atoms with Gasteiger partial charge < -0.3 is 14.6 Å². The van der Waals surface area contributed by atoms with E-state index in [1.807, 2.05) is 91.0 Å². The molecule has 1 fully saturated rings. The molecular weight excluding hydrogens is 514 g/mol. The molecule has 1 unspecified atom stereocenters. The van der Waals surface area contributed by atoms with E-state index >= 15 is 0 Å². The van der Waals surface area contributed by atoms with Crippen molar-refractivity contribution < 1.29 is 53.4 Å². The standard InChI is InChI=1S/3C6H6O.C5H8O3.Na.Sn/c3*7-6-4-2-1-3-5-6;6-5(7)4-2-1-3-8-4;;/h3*1-5,7H;4H,1-3H2,(H,6,7);;/q;;;;+1;+4/p-4. The van der Waals surface area contributed by atoms with Gasteiger partial charge in [0.15, 0.2) is 0 Å². The van der Waals surface area contributed by atoms with Crippen molar-refractivity contribution in [2.75, 3.05) is 6.61 Å². The molecule has 31 heavy (non-hydrogen) atoms. The number of rotatable bonds is 7. The molecule has 0 aliphatic carbocycles. The van der Waals surface area contributed by atoms with Crippen LogP contribution < -0.4 is 43.9 Å². The zero-order chi connectivity index (χ0) is 21.0. The van der Waals surface area contributed by atoms with Gasteiger partial charge in [0.25, 0.3) is 0 Å². The summed E-state index contributed by atoms with van der Waals surface area (Å²) in [6.45, 7) is 0.568. The fourth-order valence-electron chi connectivity index (χ4n) is 2.58.